The highest BCUT2D eigenvalue weighted by molar-refractivity contribution is 5.92. The van der Waals surface area contributed by atoms with Gasteiger partial charge >= 0.3 is 0 Å². The molecule has 1 saturated carbocycles. The van der Waals surface area contributed by atoms with E-state index >= 15 is 0 Å². The van der Waals surface area contributed by atoms with Gasteiger partial charge in [0, 0.05) is 19.6 Å². The van der Waals surface area contributed by atoms with Crippen LogP contribution in [0.1, 0.15) is 17.5 Å². The molecule has 2 atom stereocenters. The zero-order valence-corrected chi connectivity index (χ0v) is 12.0. The highest BCUT2D eigenvalue weighted by Crippen LogP contribution is 2.40. The fourth-order valence-electron chi connectivity index (χ4n) is 2.98. The van der Waals surface area contributed by atoms with E-state index in [1.54, 1.807) is 6.08 Å². The number of hydrogen-bond acceptors (Lipinski definition) is 2. The summed E-state index contributed by atoms with van der Waals surface area (Å²) in [5, 5.41) is 2.77. The molecule has 4 heteroatoms. The number of carbonyl (C=O) groups is 2. The van der Waals surface area contributed by atoms with Crippen molar-refractivity contribution in [3.8, 4) is 0 Å². The van der Waals surface area contributed by atoms with Crippen LogP contribution in [0.2, 0.25) is 0 Å². The molecular weight excluding hydrogens is 264 g/mol. The standard InChI is InChI=1S/C17H20N2O2/c1-2-8-18-16(20)14-10-15(14)17(21)19-9-7-12-5-3-4-6-13(12)11-19/h2-6,14-15H,1,7-11H2,(H,18,20). The van der Waals surface area contributed by atoms with Crippen molar-refractivity contribution in [3.05, 3.63) is 48.0 Å². The first-order chi connectivity index (χ1) is 10.2. The maximum atomic E-state index is 12.5. The maximum absolute atomic E-state index is 12.5. The van der Waals surface area contributed by atoms with Crippen molar-refractivity contribution in [2.24, 2.45) is 11.8 Å². The number of carbonyl (C=O) groups excluding carboxylic acids is 2. The lowest BCUT2D eigenvalue weighted by atomic mass is 9.99. The molecule has 110 valence electrons. The summed E-state index contributed by atoms with van der Waals surface area (Å²) < 4.78 is 0. The van der Waals surface area contributed by atoms with E-state index in [9.17, 15) is 9.59 Å². The number of fused-ring (bicyclic) bond motifs is 1. The van der Waals surface area contributed by atoms with Crippen LogP contribution in [0, 0.1) is 11.8 Å². The molecular formula is C17H20N2O2. The minimum Gasteiger partial charge on any atom is -0.352 e. The highest BCUT2D eigenvalue weighted by Gasteiger charge is 2.49. The molecule has 1 aliphatic heterocycles. The molecule has 1 aliphatic carbocycles. The molecule has 2 aliphatic rings. The van der Waals surface area contributed by atoms with Gasteiger partial charge in [0.15, 0.2) is 0 Å². The van der Waals surface area contributed by atoms with Crippen LogP contribution in [0.25, 0.3) is 0 Å². The van der Waals surface area contributed by atoms with Crippen molar-refractivity contribution < 1.29 is 9.59 Å². The van der Waals surface area contributed by atoms with Gasteiger partial charge in [-0.05, 0) is 24.0 Å². The number of hydrogen-bond donors (Lipinski definition) is 1. The molecule has 0 radical (unpaired) electrons. The van der Waals surface area contributed by atoms with Gasteiger partial charge in [-0.3, -0.25) is 9.59 Å². The maximum Gasteiger partial charge on any atom is 0.226 e. The number of benzene rings is 1. The smallest absolute Gasteiger partial charge is 0.226 e. The number of amides is 2. The molecule has 1 fully saturated rings. The average Bonchev–Trinajstić information content (AvgIpc) is 3.32. The van der Waals surface area contributed by atoms with Gasteiger partial charge in [0.2, 0.25) is 11.8 Å². The van der Waals surface area contributed by atoms with Crippen LogP contribution in [-0.2, 0) is 22.6 Å². The van der Waals surface area contributed by atoms with Crippen molar-refractivity contribution in [1.82, 2.24) is 10.2 Å². The Balaban J connectivity index is 1.58. The summed E-state index contributed by atoms with van der Waals surface area (Å²) in [5.74, 6) is -0.163. The number of nitrogens with zero attached hydrogens (tertiary/aromatic N) is 1. The normalized spacial score (nSPS) is 23.1. The van der Waals surface area contributed by atoms with Crippen LogP contribution in [0.5, 0.6) is 0 Å². The quantitative estimate of drug-likeness (QED) is 0.852. The molecule has 1 aromatic rings. The third-order valence-corrected chi connectivity index (χ3v) is 4.31. The molecule has 0 aromatic heterocycles. The SMILES string of the molecule is C=CCNC(=O)C1CC1C(=O)N1CCc2ccccc2C1. The minimum absolute atomic E-state index is 0.0225. The van der Waals surface area contributed by atoms with Gasteiger partial charge in [0.1, 0.15) is 0 Å². The Morgan fingerprint density at radius 3 is 2.81 bits per heavy atom. The molecule has 1 N–H and O–H groups in total. The zero-order valence-electron chi connectivity index (χ0n) is 12.0. The van der Waals surface area contributed by atoms with Gasteiger partial charge in [-0.15, -0.1) is 6.58 Å². The molecule has 2 amide bonds. The molecule has 21 heavy (non-hydrogen) atoms. The van der Waals surface area contributed by atoms with E-state index in [1.807, 2.05) is 17.0 Å². The molecule has 0 bridgehead atoms. The van der Waals surface area contributed by atoms with E-state index in [1.165, 1.54) is 11.1 Å². The Kier molecular flexibility index (Phi) is 3.78. The summed E-state index contributed by atoms with van der Waals surface area (Å²) in [5.41, 5.74) is 2.56. The lowest BCUT2D eigenvalue weighted by molar-refractivity contribution is -0.135. The van der Waals surface area contributed by atoms with E-state index in [0.29, 0.717) is 19.5 Å². The largest absolute Gasteiger partial charge is 0.352 e. The second-order valence-electron chi connectivity index (χ2n) is 5.76. The van der Waals surface area contributed by atoms with E-state index in [2.05, 4.69) is 24.0 Å². The Hall–Kier alpha value is -2.10. The second kappa shape index (κ2) is 5.72. The number of nitrogens with one attached hydrogen (secondary N) is 1. The van der Waals surface area contributed by atoms with Crippen LogP contribution >= 0.6 is 0 Å². The Labute approximate surface area is 124 Å². The van der Waals surface area contributed by atoms with Crippen molar-refractivity contribution in [2.45, 2.75) is 19.4 Å². The summed E-state index contributed by atoms with van der Waals surface area (Å²) in [6.07, 6.45) is 3.24. The fraction of sp³-hybridized carbons (Fsp3) is 0.412. The molecule has 0 spiro atoms. The third kappa shape index (κ3) is 2.84. The van der Waals surface area contributed by atoms with Crippen LogP contribution < -0.4 is 5.32 Å². The first-order valence-electron chi connectivity index (χ1n) is 7.45. The van der Waals surface area contributed by atoms with Gasteiger partial charge in [-0.1, -0.05) is 30.3 Å². The van der Waals surface area contributed by atoms with Gasteiger partial charge in [0.25, 0.3) is 0 Å². The molecule has 1 aromatic carbocycles. The van der Waals surface area contributed by atoms with Gasteiger partial charge in [0.05, 0.1) is 11.8 Å². The predicted octanol–water partition coefficient (Wildman–Crippen LogP) is 1.51. The lowest BCUT2D eigenvalue weighted by Gasteiger charge is -2.29. The summed E-state index contributed by atoms with van der Waals surface area (Å²) in [4.78, 5) is 26.2. The van der Waals surface area contributed by atoms with Crippen LogP contribution in [0.4, 0.5) is 0 Å². The van der Waals surface area contributed by atoms with Crippen molar-refractivity contribution in [2.75, 3.05) is 13.1 Å². The molecule has 1 heterocycles. The Bertz CT molecular complexity index is 582. The fourth-order valence-corrected chi connectivity index (χ4v) is 2.98. The van der Waals surface area contributed by atoms with E-state index in [-0.39, 0.29) is 23.7 Å². The summed E-state index contributed by atoms with van der Waals surface area (Å²) in [7, 11) is 0. The van der Waals surface area contributed by atoms with E-state index in [4.69, 9.17) is 0 Å². The van der Waals surface area contributed by atoms with Crippen molar-refractivity contribution in [3.63, 3.8) is 0 Å². The average molecular weight is 284 g/mol. The topological polar surface area (TPSA) is 49.4 Å². The summed E-state index contributed by atoms with van der Waals surface area (Å²) in [6, 6.07) is 8.25. The molecule has 3 rings (SSSR count). The van der Waals surface area contributed by atoms with Gasteiger partial charge < -0.3 is 10.2 Å². The Morgan fingerprint density at radius 1 is 1.29 bits per heavy atom. The Morgan fingerprint density at radius 2 is 2.05 bits per heavy atom. The first-order valence-corrected chi connectivity index (χ1v) is 7.45. The second-order valence-corrected chi connectivity index (χ2v) is 5.76. The molecule has 2 unspecified atom stereocenters. The van der Waals surface area contributed by atoms with Gasteiger partial charge in [-0.25, -0.2) is 0 Å². The third-order valence-electron chi connectivity index (χ3n) is 4.31. The van der Waals surface area contributed by atoms with Crippen molar-refractivity contribution in [1.29, 1.82) is 0 Å². The zero-order chi connectivity index (χ0) is 14.8. The first kappa shape index (κ1) is 13.9. The molecule has 0 saturated heterocycles. The lowest BCUT2D eigenvalue weighted by Crippen LogP contribution is -2.38. The number of rotatable bonds is 4. The van der Waals surface area contributed by atoms with Crippen LogP contribution in [0.15, 0.2) is 36.9 Å². The summed E-state index contributed by atoms with van der Waals surface area (Å²) >= 11 is 0. The highest BCUT2D eigenvalue weighted by atomic mass is 16.2. The van der Waals surface area contributed by atoms with E-state index < -0.39 is 0 Å². The van der Waals surface area contributed by atoms with Gasteiger partial charge in [-0.2, -0.15) is 0 Å². The summed E-state index contributed by atoms with van der Waals surface area (Å²) in [6.45, 7) is 5.47. The van der Waals surface area contributed by atoms with Crippen molar-refractivity contribution >= 4 is 11.8 Å². The van der Waals surface area contributed by atoms with Crippen LogP contribution in [0.3, 0.4) is 0 Å². The van der Waals surface area contributed by atoms with Crippen LogP contribution in [-0.4, -0.2) is 29.8 Å². The predicted molar refractivity (Wildman–Crippen MR) is 80.4 cm³/mol. The monoisotopic (exact) mass is 284 g/mol. The van der Waals surface area contributed by atoms with E-state index in [0.717, 1.165) is 13.0 Å². The molecule has 4 nitrogen and oxygen atoms in total. The minimum atomic E-state index is -0.144.